The molecular weight excluding hydrogens is 593 g/mol. The summed E-state index contributed by atoms with van der Waals surface area (Å²) in [5.74, 6) is -2.71. The van der Waals surface area contributed by atoms with Gasteiger partial charge in [-0.25, -0.2) is 10.4 Å². The molecule has 0 aromatic heterocycles. The number of nitrogens with two attached hydrogens (primary N) is 2. The average Bonchev–Trinajstić information content (AvgIpc) is 3.00. The van der Waals surface area contributed by atoms with E-state index in [1.165, 1.54) is 95.0 Å². The summed E-state index contributed by atoms with van der Waals surface area (Å²) in [6, 6.07) is -2.07. The first-order valence-electron chi connectivity index (χ1n) is 18.5. The molecule has 0 unspecified atom stereocenters. The number of aliphatic carboxylic acids is 2. The molecule has 268 valence electrons. The van der Waals surface area contributed by atoms with Crippen LogP contribution in [0.25, 0.3) is 0 Å². The van der Waals surface area contributed by atoms with Crippen LogP contribution in [-0.4, -0.2) is 99.5 Å². The van der Waals surface area contributed by atoms with Crippen LogP contribution in [-0.2, 0) is 14.4 Å². The Hall–Kier alpha value is -0.750. The van der Waals surface area contributed by atoms with Crippen LogP contribution in [0.1, 0.15) is 174 Å². The predicted octanol–water partition coefficient (Wildman–Crippen LogP) is 6.50. The van der Waals surface area contributed by atoms with E-state index >= 15 is 0 Å². The molecule has 0 aromatic carbocycles. The molecule has 2 atom stereocenters. The van der Waals surface area contributed by atoms with Gasteiger partial charge in [-0.1, -0.05) is 129 Å². The van der Waals surface area contributed by atoms with Crippen molar-refractivity contribution < 1.29 is 24.6 Å². The molecular formula is C35H72N5NaO5. The van der Waals surface area contributed by atoms with Crippen LogP contribution in [0.3, 0.4) is 0 Å². The fraction of sp³-hybridized carbons (Fsp3) is 0.914. The second-order valence-electron chi connectivity index (χ2n) is 12.8. The molecule has 0 rings (SSSR count). The second-order valence-corrected chi connectivity index (χ2v) is 12.8. The zero-order chi connectivity index (χ0) is 33.5. The van der Waals surface area contributed by atoms with E-state index < -0.39 is 29.9 Å². The fourth-order valence-electron chi connectivity index (χ4n) is 5.78. The summed E-state index contributed by atoms with van der Waals surface area (Å²) in [6.45, 7) is 6.18. The van der Waals surface area contributed by atoms with Crippen LogP contribution in [0.5, 0.6) is 0 Å². The molecule has 0 aromatic rings. The number of carboxylic acid groups (broad SMARTS) is 2. The molecule has 10 nitrogen and oxygen atoms in total. The molecule has 0 heterocycles. The first kappa shape index (κ1) is 47.4. The molecule has 0 fully saturated rings. The number of amides is 1. The van der Waals surface area contributed by atoms with E-state index in [-0.39, 0.29) is 42.4 Å². The van der Waals surface area contributed by atoms with E-state index in [1.807, 2.05) is 5.01 Å². The average molecular weight is 666 g/mol. The fourth-order valence-corrected chi connectivity index (χ4v) is 5.78. The SMILES string of the molecule is CCCCCCCCCCCCN(CCCCCCCCCCCC)N(N[C@@H](CCCCN)C(=O)O)[C@@H](CCC(N)=O)C(=O)O.[NaH]. The maximum atomic E-state index is 12.5. The van der Waals surface area contributed by atoms with Crippen molar-refractivity contribution in [2.75, 3.05) is 19.6 Å². The number of hydrogen-bond acceptors (Lipinski definition) is 7. The van der Waals surface area contributed by atoms with Gasteiger partial charge in [0.15, 0.2) is 0 Å². The van der Waals surface area contributed by atoms with Crippen LogP contribution in [0.15, 0.2) is 0 Å². The Labute approximate surface area is 303 Å². The van der Waals surface area contributed by atoms with Gasteiger partial charge in [0.1, 0.15) is 12.1 Å². The Kier molecular flexibility index (Phi) is 35.1. The number of primary amides is 1. The quantitative estimate of drug-likeness (QED) is 0.0289. The van der Waals surface area contributed by atoms with E-state index in [0.717, 1.165) is 38.5 Å². The number of unbranched alkanes of at least 4 members (excludes halogenated alkanes) is 19. The number of hydrogen-bond donors (Lipinski definition) is 5. The zero-order valence-corrected chi connectivity index (χ0v) is 29.1. The van der Waals surface area contributed by atoms with Crippen LogP contribution >= 0.6 is 0 Å². The molecule has 0 bridgehead atoms. The van der Waals surface area contributed by atoms with Gasteiger partial charge in [0.2, 0.25) is 5.91 Å². The zero-order valence-electron chi connectivity index (χ0n) is 29.1. The van der Waals surface area contributed by atoms with Crippen molar-refractivity contribution in [2.45, 2.75) is 186 Å². The van der Waals surface area contributed by atoms with E-state index in [9.17, 15) is 24.6 Å². The minimum atomic E-state index is -1.11. The second kappa shape index (κ2) is 34.1. The van der Waals surface area contributed by atoms with Crippen LogP contribution in [0, 0.1) is 0 Å². The van der Waals surface area contributed by atoms with Gasteiger partial charge in [-0.2, -0.15) is 5.12 Å². The topological polar surface area (TPSA) is 162 Å². The molecule has 0 spiro atoms. The van der Waals surface area contributed by atoms with E-state index in [1.54, 1.807) is 0 Å². The molecule has 0 saturated heterocycles. The number of carboxylic acids is 2. The van der Waals surface area contributed by atoms with Crippen molar-refractivity contribution >= 4 is 47.4 Å². The summed E-state index contributed by atoms with van der Waals surface area (Å²) in [4.78, 5) is 36.4. The Bertz CT molecular complexity index is 709. The maximum absolute atomic E-state index is 12.5. The molecule has 0 radical (unpaired) electrons. The van der Waals surface area contributed by atoms with E-state index in [4.69, 9.17) is 11.5 Å². The standard InChI is InChI=1S/C35H71N5O5.Na.H/c1-3-5-7-9-11-13-15-17-19-23-29-39(30-24-20-18-16-14-12-10-8-6-4-2)40(32(35(44)45)26-27-33(37)41)38-31(34(42)43)25-21-22-28-36;;/h31-32,38H,3-30,36H2,1-2H3,(H2,37,41)(H,42,43)(H,44,45);;/t31-,32-;;/m0../s1. The Morgan fingerprint density at radius 3 is 1.37 bits per heavy atom. The summed E-state index contributed by atoms with van der Waals surface area (Å²) in [5.41, 5.74) is 14.1. The van der Waals surface area contributed by atoms with Crippen molar-refractivity contribution in [2.24, 2.45) is 11.5 Å². The molecule has 46 heavy (non-hydrogen) atoms. The van der Waals surface area contributed by atoms with Crippen molar-refractivity contribution in [3.05, 3.63) is 0 Å². The molecule has 0 aliphatic heterocycles. The number of carbonyl (C=O) groups is 3. The van der Waals surface area contributed by atoms with Gasteiger partial charge in [-0.3, -0.25) is 14.4 Å². The molecule has 0 aliphatic carbocycles. The summed E-state index contributed by atoms with van der Waals surface area (Å²) < 4.78 is 0. The van der Waals surface area contributed by atoms with Crippen molar-refractivity contribution in [1.29, 1.82) is 0 Å². The third-order valence-electron chi connectivity index (χ3n) is 8.62. The van der Waals surface area contributed by atoms with E-state index in [0.29, 0.717) is 38.9 Å². The first-order valence-corrected chi connectivity index (χ1v) is 18.5. The number of rotatable bonds is 35. The number of hydrazine groups is 2. The summed E-state index contributed by atoms with van der Waals surface area (Å²) in [6.07, 6.45) is 25.5. The normalized spacial score (nSPS) is 12.7. The van der Waals surface area contributed by atoms with Gasteiger partial charge in [-0.05, 0) is 45.1 Å². The predicted molar refractivity (Wildman–Crippen MR) is 192 cm³/mol. The third-order valence-corrected chi connectivity index (χ3v) is 8.62. The van der Waals surface area contributed by atoms with Gasteiger partial charge in [0, 0.05) is 19.5 Å². The van der Waals surface area contributed by atoms with Crippen molar-refractivity contribution in [3.8, 4) is 0 Å². The minimum absolute atomic E-state index is 0. The molecule has 7 N–H and O–H groups in total. The molecule has 0 saturated carbocycles. The Morgan fingerprint density at radius 1 is 0.609 bits per heavy atom. The van der Waals surface area contributed by atoms with Gasteiger partial charge in [0.05, 0.1) is 0 Å². The van der Waals surface area contributed by atoms with Crippen molar-refractivity contribution in [1.82, 2.24) is 15.6 Å². The molecule has 0 aliphatic rings. The van der Waals surface area contributed by atoms with Crippen LogP contribution < -0.4 is 16.9 Å². The van der Waals surface area contributed by atoms with Crippen molar-refractivity contribution in [3.63, 3.8) is 0 Å². The summed E-state index contributed by atoms with van der Waals surface area (Å²) >= 11 is 0. The van der Waals surface area contributed by atoms with Gasteiger partial charge < -0.3 is 21.7 Å². The summed E-state index contributed by atoms with van der Waals surface area (Å²) in [7, 11) is 0. The third kappa shape index (κ3) is 27.2. The summed E-state index contributed by atoms with van der Waals surface area (Å²) in [5, 5.41) is 23.8. The van der Waals surface area contributed by atoms with E-state index in [2.05, 4.69) is 19.3 Å². The monoisotopic (exact) mass is 666 g/mol. The van der Waals surface area contributed by atoms with Gasteiger partial charge in [-0.15, -0.1) is 0 Å². The van der Waals surface area contributed by atoms with Gasteiger partial charge in [0.25, 0.3) is 0 Å². The van der Waals surface area contributed by atoms with Crippen LogP contribution in [0.2, 0.25) is 0 Å². The Balaban J connectivity index is 0. The van der Waals surface area contributed by atoms with Gasteiger partial charge >= 0.3 is 41.5 Å². The molecule has 11 heteroatoms. The number of nitrogens with zero attached hydrogens (tertiary/aromatic N) is 2. The molecule has 1 amide bonds. The first-order chi connectivity index (χ1) is 21.8. The Morgan fingerprint density at radius 2 is 1.02 bits per heavy atom. The number of nitrogens with one attached hydrogen (secondary N) is 1. The number of carbonyl (C=O) groups excluding carboxylic acids is 1. The van der Waals surface area contributed by atoms with Crippen LogP contribution in [0.4, 0.5) is 0 Å².